The van der Waals surface area contributed by atoms with E-state index in [1.54, 1.807) is 3.23 Å². The summed E-state index contributed by atoms with van der Waals surface area (Å²) < 4.78 is 4.05. The first kappa shape index (κ1) is 8.10. The van der Waals surface area contributed by atoms with Crippen LogP contribution >= 0.6 is 0 Å². The molecule has 0 aromatic rings. The number of rotatable bonds is 4. The van der Waals surface area contributed by atoms with Gasteiger partial charge in [0.1, 0.15) is 0 Å². The van der Waals surface area contributed by atoms with E-state index < -0.39 is 0 Å². The molecule has 0 aliphatic heterocycles. The molecule has 41 valence electrons. The van der Waals surface area contributed by atoms with Gasteiger partial charge in [0.25, 0.3) is 0 Å². The van der Waals surface area contributed by atoms with Crippen molar-refractivity contribution < 1.29 is 29.2 Å². The van der Waals surface area contributed by atoms with Gasteiger partial charge in [-0.15, -0.1) is 0 Å². The summed E-state index contributed by atoms with van der Waals surface area (Å²) in [5, 5.41) is 0. The van der Waals surface area contributed by atoms with Gasteiger partial charge in [-0.25, -0.2) is 0 Å². The molecule has 0 rings (SSSR count). The molecule has 0 nitrogen and oxygen atoms in total. The standard InChI is InChI=1S/C5H11.CH3.Y/c1-3-5-4-2;;/h1,3-5H2,2H3;1H3;. The predicted molar refractivity (Wildman–Crippen MR) is 30.2 cm³/mol. The summed E-state index contributed by atoms with van der Waals surface area (Å²) in [7, 11) is 0. The van der Waals surface area contributed by atoms with E-state index in [4.69, 9.17) is 0 Å². The molecule has 1 heteroatoms. The first-order chi connectivity index (χ1) is 3.41. The van der Waals surface area contributed by atoms with Gasteiger partial charge >= 0.3 is 62.4 Å². The summed E-state index contributed by atoms with van der Waals surface area (Å²) in [5.41, 5.74) is 0. The van der Waals surface area contributed by atoms with E-state index in [1.165, 1.54) is 19.3 Å². The molecular weight excluding hydrogens is 161 g/mol. The van der Waals surface area contributed by atoms with Crippen molar-refractivity contribution in [3.8, 4) is 0 Å². The average molecular weight is 175 g/mol. The first-order valence-corrected chi connectivity index (χ1v) is 8.04. The summed E-state index contributed by atoms with van der Waals surface area (Å²) in [6.45, 7) is 2.27. The zero-order chi connectivity index (χ0) is 5.54. The molecule has 0 aliphatic carbocycles. The maximum absolute atomic E-state index is 2.44. The van der Waals surface area contributed by atoms with Gasteiger partial charge in [-0.1, -0.05) is 0 Å². The Balaban J connectivity index is 2.45. The number of unbranched alkanes of at least 4 members (excludes halogenated alkanes) is 2. The van der Waals surface area contributed by atoms with E-state index in [9.17, 15) is 0 Å². The SMILES string of the molecule is CCCC[CH2][Y][CH3]. The second kappa shape index (κ2) is 7.10. The van der Waals surface area contributed by atoms with Gasteiger partial charge in [-0.05, 0) is 0 Å². The van der Waals surface area contributed by atoms with Crippen molar-refractivity contribution in [3.63, 3.8) is 0 Å². The molecular formula is C6H14Y. The summed E-state index contributed by atoms with van der Waals surface area (Å²) in [4.78, 5) is 0. The molecule has 0 fully saturated rings. The maximum atomic E-state index is 2.44. The molecule has 0 unspecified atom stereocenters. The van der Waals surface area contributed by atoms with Crippen molar-refractivity contribution in [2.24, 2.45) is 0 Å². The van der Waals surface area contributed by atoms with Crippen LogP contribution in [0, 0.1) is 0 Å². The van der Waals surface area contributed by atoms with Crippen LogP contribution in [0.1, 0.15) is 26.2 Å². The van der Waals surface area contributed by atoms with Crippen LogP contribution in [0.2, 0.25) is 6.97 Å². The van der Waals surface area contributed by atoms with Crippen LogP contribution in [0.15, 0.2) is 0 Å². The van der Waals surface area contributed by atoms with Crippen LogP contribution in [0.25, 0.3) is 0 Å². The average Bonchev–Trinajstić information content (AvgIpc) is 1.69. The van der Waals surface area contributed by atoms with Gasteiger partial charge in [-0.3, -0.25) is 0 Å². The van der Waals surface area contributed by atoms with Crippen molar-refractivity contribution in [2.75, 3.05) is 0 Å². The van der Waals surface area contributed by atoms with Crippen LogP contribution in [0.4, 0.5) is 0 Å². The monoisotopic (exact) mass is 175 g/mol. The molecule has 0 aliphatic rings. The molecule has 0 heterocycles. The van der Waals surface area contributed by atoms with Crippen LogP contribution in [0.5, 0.6) is 0 Å². The van der Waals surface area contributed by atoms with E-state index >= 15 is 0 Å². The Morgan fingerprint density at radius 1 is 1.29 bits per heavy atom. The molecule has 0 N–H and O–H groups in total. The van der Waals surface area contributed by atoms with Crippen molar-refractivity contribution in [3.05, 3.63) is 0 Å². The normalized spacial score (nSPS) is 8.29. The van der Waals surface area contributed by atoms with Gasteiger partial charge in [0.15, 0.2) is 0 Å². The van der Waals surface area contributed by atoms with Crippen LogP contribution in [-0.4, -0.2) is 0 Å². The number of hydrogen-bond donors (Lipinski definition) is 0. The summed E-state index contributed by atoms with van der Waals surface area (Å²) in [5.74, 6) is 0. The fourth-order valence-electron chi connectivity index (χ4n) is 0.598. The number of hydrogen-bond acceptors (Lipinski definition) is 0. The van der Waals surface area contributed by atoms with E-state index in [2.05, 4.69) is 10.7 Å². The minimum absolute atomic E-state index is 0.0377. The van der Waals surface area contributed by atoms with Crippen molar-refractivity contribution >= 4 is 0 Å². The first-order valence-electron chi connectivity index (χ1n) is 3.19. The van der Waals surface area contributed by atoms with Gasteiger partial charge in [0.05, 0.1) is 0 Å². The predicted octanol–water partition coefficient (Wildman–Crippen LogP) is 2.73. The Morgan fingerprint density at radius 3 is 2.43 bits per heavy atom. The molecule has 7 heavy (non-hydrogen) atoms. The minimum atomic E-state index is 0.0377. The molecule has 0 saturated carbocycles. The summed E-state index contributed by atoms with van der Waals surface area (Å²) >= 11 is 0.0377. The van der Waals surface area contributed by atoms with Crippen molar-refractivity contribution in [1.82, 2.24) is 0 Å². The topological polar surface area (TPSA) is 0 Å². The second-order valence-electron chi connectivity index (χ2n) is 1.90. The molecule has 0 radical (unpaired) electrons. The zero-order valence-electron chi connectivity index (χ0n) is 5.41. The van der Waals surface area contributed by atoms with Gasteiger partial charge < -0.3 is 0 Å². The fraction of sp³-hybridized carbons (Fsp3) is 1.00. The van der Waals surface area contributed by atoms with E-state index in [0.717, 1.165) is 0 Å². The van der Waals surface area contributed by atoms with E-state index in [0.29, 0.717) is 0 Å². The van der Waals surface area contributed by atoms with Crippen LogP contribution in [-0.2, 0) is 29.2 Å². The van der Waals surface area contributed by atoms with Crippen LogP contribution < -0.4 is 0 Å². The summed E-state index contributed by atoms with van der Waals surface area (Å²) in [6.07, 6.45) is 4.39. The third-order valence-electron chi connectivity index (χ3n) is 1.10. The van der Waals surface area contributed by atoms with Crippen molar-refractivity contribution in [1.29, 1.82) is 0 Å². The van der Waals surface area contributed by atoms with E-state index in [1.807, 2.05) is 0 Å². The van der Waals surface area contributed by atoms with Crippen LogP contribution in [0.3, 0.4) is 0 Å². The van der Waals surface area contributed by atoms with Gasteiger partial charge in [-0.2, -0.15) is 0 Å². The molecule has 0 saturated heterocycles. The molecule has 0 bridgehead atoms. The Bertz CT molecular complexity index is 23.4. The van der Waals surface area contributed by atoms with Crippen molar-refractivity contribution in [2.45, 2.75) is 33.2 Å². The Hall–Kier alpha value is 1.10. The molecule has 0 amide bonds. The van der Waals surface area contributed by atoms with E-state index in [-0.39, 0.29) is 29.2 Å². The van der Waals surface area contributed by atoms with Gasteiger partial charge in [0, 0.05) is 0 Å². The molecule has 0 atom stereocenters. The molecule has 0 spiro atoms. The third-order valence-corrected chi connectivity index (χ3v) is 3.52. The molecule has 0 aromatic heterocycles. The zero-order valence-corrected chi connectivity index (χ0v) is 8.24. The molecule has 0 aromatic carbocycles. The Kier molecular flexibility index (Phi) is 8.22. The quantitative estimate of drug-likeness (QED) is 0.576. The van der Waals surface area contributed by atoms with Gasteiger partial charge in [0.2, 0.25) is 0 Å². The second-order valence-corrected chi connectivity index (χ2v) is 5.33. The fourth-order valence-corrected chi connectivity index (χ4v) is 2.31. The summed E-state index contributed by atoms with van der Waals surface area (Å²) in [6, 6.07) is 0. The Labute approximate surface area is 62.1 Å². The Morgan fingerprint density at radius 2 is 2.00 bits per heavy atom. The third kappa shape index (κ3) is 7.10.